The van der Waals surface area contributed by atoms with Gasteiger partial charge in [0.05, 0.1) is 0 Å². The van der Waals surface area contributed by atoms with E-state index in [1.807, 2.05) is 0 Å². The van der Waals surface area contributed by atoms with Gasteiger partial charge in [-0.2, -0.15) is 0 Å². The lowest BCUT2D eigenvalue weighted by atomic mass is 10.1. The lowest BCUT2D eigenvalue weighted by molar-refractivity contribution is 0.377. The fraction of sp³-hybridized carbons (Fsp3) is 0.778. The summed E-state index contributed by atoms with van der Waals surface area (Å²) in [5.74, 6) is 2.08. The van der Waals surface area contributed by atoms with Crippen molar-refractivity contribution in [3.8, 4) is 12.3 Å². The van der Waals surface area contributed by atoms with Gasteiger partial charge in [0.25, 0.3) is 0 Å². The van der Waals surface area contributed by atoms with Crippen molar-refractivity contribution >= 4 is 0 Å². The molecule has 10 heavy (non-hydrogen) atoms. The molecule has 1 unspecified atom stereocenters. The van der Waals surface area contributed by atoms with Crippen LogP contribution in [-0.4, -0.2) is 6.17 Å². The molecule has 0 bridgehead atoms. The molecule has 1 heteroatoms. The van der Waals surface area contributed by atoms with E-state index in [2.05, 4.69) is 12.8 Å². The summed E-state index contributed by atoms with van der Waals surface area (Å²) < 4.78 is 12.3. The number of alkyl halides is 1. The van der Waals surface area contributed by atoms with Crippen LogP contribution in [0.5, 0.6) is 0 Å². The highest BCUT2D eigenvalue weighted by Gasteiger charge is 1.98. The monoisotopic (exact) mass is 142 g/mol. The minimum Gasteiger partial charge on any atom is -0.233 e. The number of terminal acetylenes is 1. The van der Waals surface area contributed by atoms with E-state index < -0.39 is 6.17 Å². The van der Waals surface area contributed by atoms with Gasteiger partial charge in [-0.3, -0.25) is 0 Å². The van der Waals surface area contributed by atoms with Gasteiger partial charge >= 0.3 is 0 Å². The molecule has 0 nitrogen and oxygen atoms in total. The molecule has 0 rings (SSSR count). The summed E-state index contributed by atoms with van der Waals surface area (Å²) in [6.07, 6.45) is 8.80. The van der Waals surface area contributed by atoms with E-state index in [1.54, 1.807) is 0 Å². The van der Waals surface area contributed by atoms with E-state index in [0.717, 1.165) is 12.8 Å². The van der Waals surface area contributed by atoms with Crippen LogP contribution < -0.4 is 0 Å². The molecule has 0 aromatic rings. The molecule has 0 amide bonds. The Hall–Kier alpha value is -0.510. The topological polar surface area (TPSA) is 0 Å². The van der Waals surface area contributed by atoms with Crippen LogP contribution in [0.4, 0.5) is 4.39 Å². The van der Waals surface area contributed by atoms with Gasteiger partial charge in [-0.25, -0.2) is 4.39 Å². The smallest absolute Gasteiger partial charge is 0.160 e. The second kappa shape index (κ2) is 6.61. The number of rotatable bonds is 5. The standard InChI is InChI=1S/C9H15F/c1-3-5-6-7-8-9(10)4-2/h2,9H,3,5-8H2,1H3. The zero-order chi connectivity index (χ0) is 7.82. The molecule has 58 valence electrons. The van der Waals surface area contributed by atoms with Crippen LogP contribution in [0.1, 0.15) is 39.0 Å². The summed E-state index contributed by atoms with van der Waals surface area (Å²) in [7, 11) is 0. The maximum absolute atomic E-state index is 12.3. The van der Waals surface area contributed by atoms with Gasteiger partial charge in [0.15, 0.2) is 6.17 Å². The van der Waals surface area contributed by atoms with Gasteiger partial charge in [-0.05, 0) is 12.8 Å². The van der Waals surface area contributed by atoms with Crippen molar-refractivity contribution in [2.24, 2.45) is 0 Å². The van der Waals surface area contributed by atoms with Crippen molar-refractivity contribution in [1.82, 2.24) is 0 Å². The Morgan fingerprint density at radius 3 is 2.60 bits per heavy atom. The first-order valence-electron chi connectivity index (χ1n) is 3.91. The second-order valence-corrected chi connectivity index (χ2v) is 2.48. The van der Waals surface area contributed by atoms with Crippen LogP contribution in [0.3, 0.4) is 0 Å². The van der Waals surface area contributed by atoms with E-state index in [1.165, 1.54) is 12.8 Å². The maximum Gasteiger partial charge on any atom is 0.160 e. The third-order valence-corrected chi connectivity index (χ3v) is 1.49. The Morgan fingerprint density at radius 2 is 2.10 bits per heavy atom. The van der Waals surface area contributed by atoms with Crippen molar-refractivity contribution in [2.45, 2.75) is 45.2 Å². The normalized spacial score (nSPS) is 12.5. The number of unbranched alkanes of at least 4 members (excludes halogenated alkanes) is 3. The van der Waals surface area contributed by atoms with E-state index in [4.69, 9.17) is 6.42 Å². The fourth-order valence-electron chi connectivity index (χ4n) is 0.834. The Bertz CT molecular complexity index is 102. The van der Waals surface area contributed by atoms with E-state index in [-0.39, 0.29) is 0 Å². The third-order valence-electron chi connectivity index (χ3n) is 1.49. The summed E-state index contributed by atoms with van der Waals surface area (Å²) in [6, 6.07) is 0. The van der Waals surface area contributed by atoms with Gasteiger partial charge in [-0.15, -0.1) is 6.42 Å². The maximum atomic E-state index is 12.3. The van der Waals surface area contributed by atoms with Crippen LogP contribution >= 0.6 is 0 Å². The SMILES string of the molecule is C#CC(F)CCCCCC. The van der Waals surface area contributed by atoms with E-state index in [9.17, 15) is 4.39 Å². The highest BCUT2D eigenvalue weighted by Crippen LogP contribution is 2.06. The average Bonchev–Trinajstić information content (AvgIpc) is 1.98. The molecule has 0 aromatic heterocycles. The highest BCUT2D eigenvalue weighted by molar-refractivity contribution is 4.93. The van der Waals surface area contributed by atoms with E-state index in [0.29, 0.717) is 6.42 Å². The Balaban J connectivity index is 2.98. The van der Waals surface area contributed by atoms with Gasteiger partial charge in [0.1, 0.15) is 0 Å². The summed E-state index contributed by atoms with van der Waals surface area (Å²) in [5.41, 5.74) is 0. The molecule has 0 radical (unpaired) electrons. The van der Waals surface area contributed by atoms with Gasteiger partial charge in [-0.1, -0.05) is 32.1 Å². The molecule has 0 aromatic carbocycles. The van der Waals surface area contributed by atoms with Gasteiger partial charge in [0.2, 0.25) is 0 Å². The molecule has 0 aliphatic heterocycles. The van der Waals surface area contributed by atoms with Crippen LogP contribution in [0.25, 0.3) is 0 Å². The molecule has 0 heterocycles. The zero-order valence-corrected chi connectivity index (χ0v) is 6.57. The van der Waals surface area contributed by atoms with Crippen LogP contribution in [0, 0.1) is 12.3 Å². The van der Waals surface area contributed by atoms with E-state index >= 15 is 0 Å². The first-order valence-corrected chi connectivity index (χ1v) is 3.91. The van der Waals surface area contributed by atoms with Crippen molar-refractivity contribution in [3.05, 3.63) is 0 Å². The van der Waals surface area contributed by atoms with Crippen molar-refractivity contribution in [3.63, 3.8) is 0 Å². The molecular weight excluding hydrogens is 127 g/mol. The number of hydrogen-bond donors (Lipinski definition) is 0. The summed E-state index contributed by atoms with van der Waals surface area (Å²) >= 11 is 0. The summed E-state index contributed by atoms with van der Waals surface area (Å²) in [4.78, 5) is 0. The highest BCUT2D eigenvalue weighted by atomic mass is 19.1. The van der Waals surface area contributed by atoms with Crippen molar-refractivity contribution in [2.75, 3.05) is 0 Å². The van der Waals surface area contributed by atoms with Crippen molar-refractivity contribution in [1.29, 1.82) is 0 Å². The molecule has 0 spiro atoms. The quantitative estimate of drug-likeness (QED) is 0.409. The van der Waals surface area contributed by atoms with Crippen LogP contribution in [0.15, 0.2) is 0 Å². The number of halogens is 1. The number of hydrogen-bond acceptors (Lipinski definition) is 0. The lowest BCUT2D eigenvalue weighted by Crippen LogP contribution is -1.94. The molecule has 0 saturated carbocycles. The Labute approximate surface area is 62.8 Å². The molecule has 0 saturated heterocycles. The minimum absolute atomic E-state index is 0.538. The predicted octanol–water partition coefficient (Wildman–Crippen LogP) is 2.93. The first kappa shape index (κ1) is 9.49. The lowest BCUT2D eigenvalue weighted by Gasteiger charge is -1.98. The largest absolute Gasteiger partial charge is 0.233 e. The molecule has 0 aliphatic carbocycles. The molecule has 0 aliphatic rings. The van der Waals surface area contributed by atoms with Crippen LogP contribution in [-0.2, 0) is 0 Å². The Morgan fingerprint density at radius 1 is 1.40 bits per heavy atom. The zero-order valence-electron chi connectivity index (χ0n) is 6.57. The molecular formula is C9H15F. The van der Waals surface area contributed by atoms with Crippen LogP contribution in [0.2, 0.25) is 0 Å². The Kier molecular flexibility index (Phi) is 6.27. The molecule has 1 atom stereocenters. The third kappa shape index (κ3) is 5.62. The molecule has 0 N–H and O–H groups in total. The van der Waals surface area contributed by atoms with Gasteiger partial charge < -0.3 is 0 Å². The fourth-order valence-corrected chi connectivity index (χ4v) is 0.834. The summed E-state index contributed by atoms with van der Waals surface area (Å²) in [6.45, 7) is 2.13. The van der Waals surface area contributed by atoms with Crippen molar-refractivity contribution < 1.29 is 4.39 Å². The second-order valence-electron chi connectivity index (χ2n) is 2.48. The average molecular weight is 142 g/mol. The minimum atomic E-state index is -1.02. The predicted molar refractivity (Wildman–Crippen MR) is 42.5 cm³/mol. The summed E-state index contributed by atoms with van der Waals surface area (Å²) in [5, 5.41) is 0. The van der Waals surface area contributed by atoms with Gasteiger partial charge in [0, 0.05) is 0 Å². The molecule has 0 fully saturated rings. The first-order chi connectivity index (χ1) is 4.81.